The molecule has 0 N–H and O–H groups in total. The summed E-state index contributed by atoms with van der Waals surface area (Å²) in [5.41, 5.74) is 3.34. The van der Waals surface area contributed by atoms with Crippen LogP contribution in [-0.4, -0.2) is 63.8 Å². The predicted molar refractivity (Wildman–Crippen MR) is 125 cm³/mol. The van der Waals surface area contributed by atoms with Gasteiger partial charge < -0.3 is 14.5 Å². The van der Waals surface area contributed by atoms with Crippen LogP contribution in [0.4, 0.5) is 5.69 Å². The molecule has 1 saturated heterocycles. The third-order valence-electron chi connectivity index (χ3n) is 5.56. The van der Waals surface area contributed by atoms with Crippen molar-refractivity contribution in [1.82, 2.24) is 24.6 Å². The van der Waals surface area contributed by atoms with Crippen molar-refractivity contribution in [3.8, 4) is 16.5 Å². The molecule has 0 aliphatic carbocycles. The Hall–Kier alpha value is -3.17. The van der Waals surface area contributed by atoms with Gasteiger partial charge in [0.05, 0.1) is 17.6 Å². The van der Waals surface area contributed by atoms with Crippen LogP contribution >= 0.6 is 22.9 Å². The molecule has 1 aliphatic heterocycles. The normalized spacial score (nSPS) is 14.2. The maximum atomic E-state index is 13.1. The molecule has 0 bridgehead atoms. The first-order valence-corrected chi connectivity index (χ1v) is 11.5. The number of nitrogens with zero attached hydrogens (tertiary/aromatic N) is 6. The number of benzene rings is 1. The van der Waals surface area contributed by atoms with E-state index in [4.69, 9.17) is 16.3 Å². The number of halogens is 1. The topological polar surface area (TPSA) is 76.4 Å². The third kappa shape index (κ3) is 3.89. The number of carbonyl (C=O) groups excluding carboxylic acids is 1. The van der Waals surface area contributed by atoms with Gasteiger partial charge in [-0.1, -0.05) is 11.6 Å². The minimum Gasteiger partial charge on any atom is -0.495 e. The maximum Gasteiger partial charge on any atom is 0.244 e. The molecule has 5 rings (SSSR count). The standard InChI is InChI=1S/C22H21ClN6O2S/c1-31-18-13-15(4-5-16(18)23)27-8-10-28(11-9-27)19(30)14-29-17-3-2-6-24-20(17)21(26-29)22-25-7-12-32-22/h2-7,12-13H,8-11,14H2,1H3. The predicted octanol–water partition coefficient (Wildman–Crippen LogP) is 3.57. The zero-order chi connectivity index (χ0) is 22.1. The zero-order valence-corrected chi connectivity index (χ0v) is 19.0. The highest BCUT2D eigenvalue weighted by molar-refractivity contribution is 7.13. The van der Waals surface area contributed by atoms with E-state index in [1.54, 1.807) is 24.2 Å². The number of ether oxygens (including phenoxy) is 1. The van der Waals surface area contributed by atoms with Crippen LogP contribution < -0.4 is 9.64 Å². The highest BCUT2D eigenvalue weighted by atomic mass is 35.5. The van der Waals surface area contributed by atoms with E-state index >= 15 is 0 Å². The molecule has 1 amide bonds. The Balaban J connectivity index is 1.29. The first kappa shape index (κ1) is 20.7. The molecular formula is C22H21ClN6O2S. The number of aromatic nitrogens is 4. The summed E-state index contributed by atoms with van der Waals surface area (Å²) in [7, 11) is 1.61. The summed E-state index contributed by atoms with van der Waals surface area (Å²) in [6.07, 6.45) is 3.48. The van der Waals surface area contributed by atoms with Crippen molar-refractivity contribution in [2.45, 2.75) is 6.54 Å². The summed E-state index contributed by atoms with van der Waals surface area (Å²) in [4.78, 5) is 26.0. The van der Waals surface area contributed by atoms with Gasteiger partial charge in [-0.2, -0.15) is 5.10 Å². The van der Waals surface area contributed by atoms with Crippen LogP contribution in [0.15, 0.2) is 48.1 Å². The fourth-order valence-corrected chi connectivity index (χ4v) is 4.72. The van der Waals surface area contributed by atoms with Crippen molar-refractivity contribution in [1.29, 1.82) is 0 Å². The van der Waals surface area contributed by atoms with Crippen molar-refractivity contribution < 1.29 is 9.53 Å². The molecule has 32 heavy (non-hydrogen) atoms. The van der Waals surface area contributed by atoms with E-state index in [1.807, 2.05) is 40.6 Å². The van der Waals surface area contributed by atoms with E-state index in [9.17, 15) is 4.79 Å². The molecule has 10 heteroatoms. The smallest absolute Gasteiger partial charge is 0.244 e. The molecule has 164 valence electrons. The number of hydrogen-bond acceptors (Lipinski definition) is 7. The molecule has 0 spiro atoms. The largest absolute Gasteiger partial charge is 0.495 e. The van der Waals surface area contributed by atoms with Crippen molar-refractivity contribution in [3.05, 3.63) is 53.1 Å². The van der Waals surface area contributed by atoms with E-state index in [-0.39, 0.29) is 12.5 Å². The lowest BCUT2D eigenvalue weighted by Crippen LogP contribution is -2.49. The second-order valence-electron chi connectivity index (χ2n) is 7.40. The quantitative estimate of drug-likeness (QED) is 0.445. The Bertz CT molecular complexity index is 1250. The molecule has 0 unspecified atom stereocenters. The number of methoxy groups -OCH3 is 1. The molecular weight excluding hydrogens is 448 g/mol. The Kier molecular flexibility index (Phi) is 5.67. The second-order valence-corrected chi connectivity index (χ2v) is 8.70. The summed E-state index contributed by atoms with van der Waals surface area (Å²) in [6, 6.07) is 9.54. The Morgan fingerprint density at radius 2 is 2.00 bits per heavy atom. The average Bonchev–Trinajstić information content (AvgIpc) is 3.48. The van der Waals surface area contributed by atoms with Gasteiger partial charge in [0.2, 0.25) is 5.91 Å². The third-order valence-corrected chi connectivity index (χ3v) is 6.65. The molecule has 3 aromatic heterocycles. The van der Waals surface area contributed by atoms with Crippen molar-refractivity contribution in [3.63, 3.8) is 0 Å². The summed E-state index contributed by atoms with van der Waals surface area (Å²) in [6.45, 7) is 2.92. The second kappa shape index (κ2) is 8.76. The van der Waals surface area contributed by atoms with Gasteiger partial charge in [0.1, 0.15) is 28.5 Å². The summed E-state index contributed by atoms with van der Waals surface area (Å²) >= 11 is 7.65. The van der Waals surface area contributed by atoms with E-state index < -0.39 is 0 Å². The van der Waals surface area contributed by atoms with E-state index in [0.717, 1.165) is 34.8 Å². The highest BCUT2D eigenvalue weighted by Gasteiger charge is 2.24. The maximum absolute atomic E-state index is 13.1. The Labute approximate surface area is 194 Å². The highest BCUT2D eigenvalue weighted by Crippen LogP contribution is 2.30. The molecule has 1 fully saturated rings. The monoisotopic (exact) mass is 468 g/mol. The fraction of sp³-hybridized carbons (Fsp3) is 0.273. The Morgan fingerprint density at radius 3 is 2.75 bits per heavy atom. The number of anilines is 1. The lowest BCUT2D eigenvalue weighted by Gasteiger charge is -2.36. The number of carbonyl (C=O) groups is 1. The van der Waals surface area contributed by atoms with Gasteiger partial charge in [-0.05, 0) is 24.3 Å². The summed E-state index contributed by atoms with van der Waals surface area (Å²) < 4.78 is 7.06. The number of pyridine rings is 1. The number of hydrogen-bond donors (Lipinski definition) is 0. The van der Waals surface area contributed by atoms with Gasteiger partial charge in [-0.25, -0.2) is 4.98 Å². The SMILES string of the molecule is COc1cc(N2CCN(C(=O)Cn3nc(-c4nccs4)c4ncccc43)CC2)ccc1Cl. The van der Waals surface area contributed by atoms with Gasteiger partial charge in [0, 0.05) is 55.7 Å². The van der Waals surface area contributed by atoms with Crippen LogP contribution in [0.3, 0.4) is 0 Å². The van der Waals surface area contributed by atoms with Crippen molar-refractivity contribution in [2.75, 3.05) is 38.2 Å². The Morgan fingerprint density at radius 1 is 1.16 bits per heavy atom. The average molecular weight is 469 g/mol. The van der Waals surface area contributed by atoms with Crippen LogP contribution in [-0.2, 0) is 11.3 Å². The summed E-state index contributed by atoms with van der Waals surface area (Å²) in [5.74, 6) is 0.690. The molecule has 0 atom stereocenters. The van der Waals surface area contributed by atoms with E-state index in [2.05, 4.69) is 20.0 Å². The molecule has 8 nitrogen and oxygen atoms in total. The zero-order valence-electron chi connectivity index (χ0n) is 17.4. The van der Waals surface area contributed by atoms with Crippen LogP contribution in [0.2, 0.25) is 5.02 Å². The number of thiazole rings is 1. The lowest BCUT2D eigenvalue weighted by molar-refractivity contribution is -0.132. The van der Waals surface area contributed by atoms with Crippen molar-refractivity contribution >= 4 is 45.6 Å². The number of rotatable bonds is 5. The van der Waals surface area contributed by atoms with E-state index in [1.165, 1.54) is 11.3 Å². The van der Waals surface area contributed by atoms with Gasteiger partial charge in [0.15, 0.2) is 0 Å². The van der Waals surface area contributed by atoms with Crippen LogP contribution in [0.5, 0.6) is 5.75 Å². The number of fused-ring (bicyclic) bond motifs is 1. The molecule has 1 aliphatic rings. The van der Waals surface area contributed by atoms with Gasteiger partial charge in [-0.3, -0.25) is 14.5 Å². The minimum absolute atomic E-state index is 0.0391. The minimum atomic E-state index is 0.0391. The van der Waals surface area contributed by atoms with Crippen LogP contribution in [0, 0.1) is 0 Å². The van der Waals surface area contributed by atoms with Crippen LogP contribution in [0.25, 0.3) is 21.7 Å². The number of amides is 1. The molecule has 1 aromatic carbocycles. The molecule has 4 heterocycles. The van der Waals surface area contributed by atoms with Crippen LogP contribution in [0.1, 0.15) is 0 Å². The van der Waals surface area contributed by atoms with Gasteiger partial charge in [-0.15, -0.1) is 11.3 Å². The molecule has 0 saturated carbocycles. The number of piperazine rings is 1. The first-order chi connectivity index (χ1) is 15.6. The first-order valence-electron chi connectivity index (χ1n) is 10.2. The lowest BCUT2D eigenvalue weighted by atomic mass is 10.2. The van der Waals surface area contributed by atoms with Gasteiger partial charge in [0.25, 0.3) is 0 Å². The molecule has 0 radical (unpaired) electrons. The summed E-state index contributed by atoms with van der Waals surface area (Å²) in [5, 5.41) is 7.97. The van der Waals surface area contributed by atoms with E-state index in [0.29, 0.717) is 29.6 Å². The van der Waals surface area contributed by atoms with Gasteiger partial charge >= 0.3 is 0 Å². The molecule has 4 aromatic rings. The van der Waals surface area contributed by atoms with Crippen molar-refractivity contribution in [2.24, 2.45) is 0 Å². The fourth-order valence-electron chi connectivity index (χ4n) is 3.90.